The molecule has 2 aromatic heterocycles. The normalized spacial score (nSPS) is 11.1. The first kappa shape index (κ1) is 20.7. The number of benzene rings is 2. The SMILES string of the molecule is CCN(CC)c1ccc2cc(-c3nnc(Nc4ccc(Cl)cc4Cl)s3)c(=O)oc2c1. The van der Waals surface area contributed by atoms with Crippen LogP contribution < -0.4 is 15.8 Å². The van der Waals surface area contributed by atoms with E-state index in [0.29, 0.717) is 37.0 Å². The van der Waals surface area contributed by atoms with Crippen LogP contribution in [0.25, 0.3) is 21.5 Å². The maximum Gasteiger partial charge on any atom is 0.346 e. The van der Waals surface area contributed by atoms with Gasteiger partial charge in [0.05, 0.1) is 16.3 Å². The van der Waals surface area contributed by atoms with Crippen molar-refractivity contribution in [3.63, 3.8) is 0 Å². The molecule has 6 nitrogen and oxygen atoms in total. The van der Waals surface area contributed by atoms with Crippen LogP contribution in [0, 0.1) is 0 Å². The quantitative estimate of drug-likeness (QED) is 0.345. The van der Waals surface area contributed by atoms with Gasteiger partial charge in [0, 0.05) is 35.3 Å². The van der Waals surface area contributed by atoms with E-state index in [1.54, 1.807) is 24.3 Å². The Morgan fingerprint density at radius 2 is 1.87 bits per heavy atom. The molecule has 154 valence electrons. The molecule has 0 saturated heterocycles. The minimum Gasteiger partial charge on any atom is -0.422 e. The molecule has 0 fully saturated rings. The maximum absolute atomic E-state index is 12.6. The summed E-state index contributed by atoms with van der Waals surface area (Å²) in [5.41, 5.74) is 2.13. The third kappa shape index (κ3) is 4.14. The highest BCUT2D eigenvalue weighted by atomic mass is 35.5. The van der Waals surface area contributed by atoms with Crippen LogP contribution in [-0.4, -0.2) is 23.3 Å². The molecule has 4 aromatic rings. The van der Waals surface area contributed by atoms with Gasteiger partial charge in [0.15, 0.2) is 5.01 Å². The predicted octanol–water partition coefficient (Wildman–Crippen LogP) is 6.21. The van der Waals surface area contributed by atoms with E-state index < -0.39 is 5.63 Å². The van der Waals surface area contributed by atoms with E-state index in [4.69, 9.17) is 27.6 Å². The molecule has 0 unspecified atom stereocenters. The van der Waals surface area contributed by atoms with Crippen molar-refractivity contribution < 1.29 is 4.42 Å². The van der Waals surface area contributed by atoms with Crippen LogP contribution in [0.5, 0.6) is 0 Å². The van der Waals surface area contributed by atoms with E-state index in [2.05, 4.69) is 34.3 Å². The molecule has 2 aromatic carbocycles. The van der Waals surface area contributed by atoms with E-state index >= 15 is 0 Å². The van der Waals surface area contributed by atoms with E-state index in [1.165, 1.54) is 11.3 Å². The summed E-state index contributed by atoms with van der Waals surface area (Å²) in [5.74, 6) is 0. The van der Waals surface area contributed by atoms with Gasteiger partial charge in [-0.25, -0.2) is 4.79 Å². The second kappa shape index (κ2) is 8.63. The second-order valence-electron chi connectivity index (χ2n) is 6.50. The third-order valence-corrected chi connectivity index (χ3v) is 6.10. The zero-order valence-electron chi connectivity index (χ0n) is 16.3. The highest BCUT2D eigenvalue weighted by Crippen LogP contribution is 2.32. The molecule has 0 atom stereocenters. The molecule has 1 N–H and O–H groups in total. The summed E-state index contributed by atoms with van der Waals surface area (Å²) in [4.78, 5) is 14.8. The minimum absolute atomic E-state index is 0.367. The van der Waals surface area contributed by atoms with Crippen molar-refractivity contribution in [2.45, 2.75) is 13.8 Å². The van der Waals surface area contributed by atoms with Gasteiger partial charge in [0.1, 0.15) is 5.58 Å². The van der Waals surface area contributed by atoms with Crippen molar-refractivity contribution in [2.75, 3.05) is 23.3 Å². The van der Waals surface area contributed by atoms with E-state index in [0.717, 1.165) is 24.2 Å². The highest BCUT2D eigenvalue weighted by molar-refractivity contribution is 7.18. The van der Waals surface area contributed by atoms with Crippen molar-refractivity contribution in [1.29, 1.82) is 0 Å². The number of nitrogens with one attached hydrogen (secondary N) is 1. The van der Waals surface area contributed by atoms with E-state index in [1.807, 2.05) is 18.2 Å². The van der Waals surface area contributed by atoms with E-state index in [-0.39, 0.29) is 0 Å². The Balaban J connectivity index is 1.65. The first-order valence-electron chi connectivity index (χ1n) is 9.37. The average Bonchev–Trinajstić information content (AvgIpc) is 3.19. The van der Waals surface area contributed by atoms with Gasteiger partial charge in [-0.3, -0.25) is 0 Å². The molecular weight excluding hydrogens is 443 g/mol. The van der Waals surface area contributed by atoms with Crippen molar-refractivity contribution in [1.82, 2.24) is 10.2 Å². The highest BCUT2D eigenvalue weighted by Gasteiger charge is 2.15. The molecule has 0 amide bonds. The summed E-state index contributed by atoms with van der Waals surface area (Å²) < 4.78 is 5.59. The van der Waals surface area contributed by atoms with Crippen molar-refractivity contribution in [2.24, 2.45) is 0 Å². The van der Waals surface area contributed by atoms with Crippen LogP contribution >= 0.6 is 34.5 Å². The summed E-state index contributed by atoms with van der Waals surface area (Å²) >= 11 is 13.4. The lowest BCUT2D eigenvalue weighted by atomic mass is 10.1. The smallest absolute Gasteiger partial charge is 0.346 e. The number of hydrogen-bond donors (Lipinski definition) is 1. The maximum atomic E-state index is 12.6. The fourth-order valence-electron chi connectivity index (χ4n) is 3.12. The van der Waals surface area contributed by atoms with Crippen LogP contribution in [0.15, 0.2) is 51.7 Å². The molecule has 0 bridgehead atoms. The zero-order valence-corrected chi connectivity index (χ0v) is 18.6. The van der Waals surface area contributed by atoms with Gasteiger partial charge in [0.25, 0.3) is 0 Å². The molecule has 0 saturated carbocycles. The average molecular weight is 461 g/mol. The largest absolute Gasteiger partial charge is 0.422 e. The predicted molar refractivity (Wildman–Crippen MR) is 125 cm³/mol. The lowest BCUT2D eigenvalue weighted by molar-refractivity contribution is 0.563. The summed E-state index contributed by atoms with van der Waals surface area (Å²) in [7, 11) is 0. The number of hydrogen-bond acceptors (Lipinski definition) is 7. The molecule has 30 heavy (non-hydrogen) atoms. The number of nitrogens with zero attached hydrogens (tertiary/aromatic N) is 3. The Hall–Kier alpha value is -2.61. The summed E-state index contributed by atoms with van der Waals surface area (Å²) in [6.07, 6.45) is 0. The molecule has 9 heteroatoms. The summed E-state index contributed by atoms with van der Waals surface area (Å²) in [5, 5.41) is 14.1. The standard InChI is InChI=1S/C21H18Cl2N4O2S/c1-3-27(4-2)14-7-5-12-9-15(20(28)29-18(12)11-14)19-25-26-21(30-19)24-17-8-6-13(22)10-16(17)23/h5-11H,3-4H2,1-2H3,(H,24,26). The number of halogens is 2. The summed E-state index contributed by atoms with van der Waals surface area (Å²) in [6, 6.07) is 12.8. The van der Waals surface area contributed by atoms with Gasteiger partial charge in [-0.2, -0.15) is 0 Å². The number of aromatic nitrogens is 2. The number of rotatable bonds is 6. The fraction of sp³-hybridized carbons (Fsp3) is 0.190. The van der Waals surface area contributed by atoms with Crippen LogP contribution in [0.1, 0.15) is 13.8 Å². The first-order chi connectivity index (χ1) is 14.5. The minimum atomic E-state index is -0.452. The van der Waals surface area contributed by atoms with Crippen molar-refractivity contribution in [3.05, 3.63) is 62.9 Å². The van der Waals surface area contributed by atoms with E-state index in [9.17, 15) is 4.79 Å². The first-order valence-corrected chi connectivity index (χ1v) is 10.9. The van der Waals surface area contributed by atoms with Crippen LogP contribution in [-0.2, 0) is 0 Å². The van der Waals surface area contributed by atoms with Gasteiger partial charge in [-0.1, -0.05) is 34.5 Å². The Morgan fingerprint density at radius 1 is 1.07 bits per heavy atom. The van der Waals surface area contributed by atoms with Gasteiger partial charge in [0.2, 0.25) is 5.13 Å². The molecule has 0 aliphatic heterocycles. The molecular formula is C21H18Cl2N4O2S. The third-order valence-electron chi connectivity index (χ3n) is 4.68. The number of fused-ring (bicyclic) bond motifs is 1. The van der Waals surface area contributed by atoms with Crippen molar-refractivity contribution >= 4 is 62.0 Å². The lowest BCUT2D eigenvalue weighted by Crippen LogP contribution is -2.21. The molecule has 0 radical (unpaired) electrons. The molecule has 2 heterocycles. The summed E-state index contributed by atoms with van der Waals surface area (Å²) in [6.45, 7) is 5.93. The van der Waals surface area contributed by atoms with Crippen molar-refractivity contribution in [3.8, 4) is 10.6 Å². The lowest BCUT2D eigenvalue weighted by Gasteiger charge is -2.20. The van der Waals surface area contributed by atoms with Gasteiger partial charge in [-0.15, -0.1) is 10.2 Å². The Morgan fingerprint density at radius 3 is 2.60 bits per heavy atom. The molecule has 4 rings (SSSR count). The van der Waals surface area contributed by atoms with Crippen LogP contribution in [0.4, 0.5) is 16.5 Å². The Kier molecular flexibility index (Phi) is 5.94. The van der Waals surface area contributed by atoms with Gasteiger partial charge >= 0.3 is 5.63 Å². The zero-order chi connectivity index (χ0) is 21.3. The Labute approximate surface area is 187 Å². The number of anilines is 3. The van der Waals surface area contributed by atoms with Crippen LogP contribution in [0.2, 0.25) is 10.0 Å². The fourth-order valence-corrected chi connectivity index (χ4v) is 4.34. The van der Waals surface area contributed by atoms with Gasteiger partial charge < -0.3 is 14.6 Å². The Bertz CT molecular complexity index is 1270. The topological polar surface area (TPSA) is 71.3 Å². The second-order valence-corrected chi connectivity index (χ2v) is 8.32. The monoisotopic (exact) mass is 460 g/mol. The molecule has 0 aliphatic carbocycles. The molecule has 0 aliphatic rings. The molecule has 0 spiro atoms. The van der Waals surface area contributed by atoms with Gasteiger partial charge in [-0.05, 0) is 50.2 Å². The van der Waals surface area contributed by atoms with Crippen LogP contribution in [0.3, 0.4) is 0 Å².